The van der Waals surface area contributed by atoms with Crippen molar-refractivity contribution in [1.82, 2.24) is 0 Å². The molecule has 0 spiro atoms. The van der Waals surface area contributed by atoms with E-state index in [1.165, 1.54) is 11.3 Å². The standard InChI is InChI=1S/C14H16BrNO/c1-10(2)11-5-3-4-6-13(11)16-9-14-12(15)7-8-17-14/h3-8,10,16H,9H2,1-2H3. The van der Waals surface area contributed by atoms with Gasteiger partial charge in [-0.2, -0.15) is 0 Å². The van der Waals surface area contributed by atoms with Crippen LogP contribution in [0.1, 0.15) is 31.1 Å². The maximum atomic E-state index is 5.38. The third-order valence-corrected chi connectivity index (χ3v) is 3.42. The van der Waals surface area contributed by atoms with Gasteiger partial charge in [0.25, 0.3) is 0 Å². The van der Waals surface area contributed by atoms with E-state index in [9.17, 15) is 0 Å². The molecule has 2 rings (SSSR count). The molecular weight excluding hydrogens is 278 g/mol. The highest BCUT2D eigenvalue weighted by atomic mass is 79.9. The van der Waals surface area contributed by atoms with Crippen LogP contribution in [0.5, 0.6) is 0 Å². The van der Waals surface area contributed by atoms with Crippen molar-refractivity contribution in [1.29, 1.82) is 0 Å². The summed E-state index contributed by atoms with van der Waals surface area (Å²) in [5.74, 6) is 1.43. The van der Waals surface area contributed by atoms with Crippen molar-refractivity contribution >= 4 is 21.6 Å². The van der Waals surface area contributed by atoms with Crippen molar-refractivity contribution in [2.45, 2.75) is 26.3 Å². The Kier molecular flexibility index (Phi) is 3.89. The summed E-state index contributed by atoms with van der Waals surface area (Å²) in [6, 6.07) is 10.3. The molecule has 0 amide bonds. The topological polar surface area (TPSA) is 25.2 Å². The fourth-order valence-electron chi connectivity index (χ4n) is 1.79. The first kappa shape index (κ1) is 12.2. The average molecular weight is 294 g/mol. The third kappa shape index (κ3) is 2.91. The van der Waals surface area contributed by atoms with Crippen LogP contribution in [0.4, 0.5) is 5.69 Å². The highest BCUT2D eigenvalue weighted by Gasteiger charge is 2.07. The average Bonchev–Trinajstić information content (AvgIpc) is 2.72. The number of nitrogens with one attached hydrogen (secondary N) is 1. The zero-order valence-corrected chi connectivity index (χ0v) is 11.6. The number of halogens is 1. The summed E-state index contributed by atoms with van der Waals surface area (Å²) < 4.78 is 6.38. The fourth-order valence-corrected chi connectivity index (χ4v) is 2.13. The smallest absolute Gasteiger partial charge is 0.136 e. The van der Waals surface area contributed by atoms with Gasteiger partial charge in [0.1, 0.15) is 5.76 Å². The molecule has 0 saturated carbocycles. The van der Waals surface area contributed by atoms with Crippen LogP contribution in [0.3, 0.4) is 0 Å². The largest absolute Gasteiger partial charge is 0.466 e. The Balaban J connectivity index is 2.11. The van der Waals surface area contributed by atoms with E-state index in [0.717, 1.165) is 10.2 Å². The minimum absolute atomic E-state index is 0.513. The predicted octanol–water partition coefficient (Wildman–Crippen LogP) is 4.78. The second-order valence-corrected chi connectivity index (χ2v) is 5.14. The van der Waals surface area contributed by atoms with Crippen LogP contribution in [0.25, 0.3) is 0 Å². The molecule has 0 fully saturated rings. The van der Waals surface area contributed by atoms with Crippen LogP contribution in [0.15, 0.2) is 45.5 Å². The molecule has 0 atom stereocenters. The quantitative estimate of drug-likeness (QED) is 0.878. The molecule has 3 heteroatoms. The number of anilines is 1. The molecule has 0 aliphatic rings. The Bertz CT molecular complexity index is 490. The van der Waals surface area contributed by atoms with Gasteiger partial charge in [-0.25, -0.2) is 0 Å². The molecule has 0 aliphatic heterocycles. The molecule has 17 heavy (non-hydrogen) atoms. The Morgan fingerprint density at radius 3 is 2.65 bits per heavy atom. The first-order valence-electron chi connectivity index (χ1n) is 5.73. The summed E-state index contributed by atoms with van der Waals surface area (Å²) in [5.41, 5.74) is 2.50. The Morgan fingerprint density at radius 1 is 1.24 bits per heavy atom. The lowest BCUT2D eigenvalue weighted by Crippen LogP contribution is -2.02. The number of rotatable bonds is 4. The second-order valence-electron chi connectivity index (χ2n) is 4.29. The Labute approximate surface area is 110 Å². The summed E-state index contributed by atoms with van der Waals surface area (Å²) in [7, 11) is 0. The molecular formula is C14H16BrNO. The van der Waals surface area contributed by atoms with Crippen molar-refractivity contribution in [2.75, 3.05) is 5.32 Å². The van der Waals surface area contributed by atoms with Gasteiger partial charge < -0.3 is 9.73 Å². The van der Waals surface area contributed by atoms with E-state index < -0.39 is 0 Å². The zero-order chi connectivity index (χ0) is 12.3. The normalized spacial score (nSPS) is 10.8. The van der Waals surface area contributed by atoms with Crippen molar-refractivity contribution in [3.05, 3.63) is 52.4 Å². The molecule has 1 N–H and O–H groups in total. The minimum atomic E-state index is 0.513. The van der Waals surface area contributed by atoms with Crippen molar-refractivity contribution in [2.24, 2.45) is 0 Å². The van der Waals surface area contributed by atoms with Crippen molar-refractivity contribution in [3.8, 4) is 0 Å². The Hall–Kier alpha value is -1.22. The van der Waals surface area contributed by atoms with Gasteiger partial charge in [-0.1, -0.05) is 32.0 Å². The van der Waals surface area contributed by atoms with Gasteiger partial charge in [0.2, 0.25) is 0 Å². The maximum Gasteiger partial charge on any atom is 0.136 e. The molecule has 0 aliphatic carbocycles. The van der Waals surface area contributed by atoms with Gasteiger partial charge in [0.05, 0.1) is 17.3 Å². The number of hydrogen-bond acceptors (Lipinski definition) is 2. The lowest BCUT2D eigenvalue weighted by molar-refractivity contribution is 0.516. The van der Waals surface area contributed by atoms with Gasteiger partial charge in [-0.3, -0.25) is 0 Å². The highest BCUT2D eigenvalue weighted by Crippen LogP contribution is 2.25. The molecule has 0 bridgehead atoms. The molecule has 2 nitrogen and oxygen atoms in total. The zero-order valence-electron chi connectivity index (χ0n) is 10.0. The van der Waals surface area contributed by atoms with Gasteiger partial charge in [-0.15, -0.1) is 0 Å². The summed E-state index contributed by atoms with van der Waals surface area (Å²) in [6.07, 6.45) is 1.69. The molecule has 1 aromatic carbocycles. The lowest BCUT2D eigenvalue weighted by atomic mass is 10.0. The summed E-state index contributed by atoms with van der Waals surface area (Å²) in [5, 5.41) is 3.41. The molecule has 90 valence electrons. The minimum Gasteiger partial charge on any atom is -0.466 e. The van der Waals surface area contributed by atoms with Gasteiger partial charge >= 0.3 is 0 Å². The van der Waals surface area contributed by atoms with Crippen molar-refractivity contribution < 1.29 is 4.42 Å². The third-order valence-electron chi connectivity index (χ3n) is 2.71. The van der Waals surface area contributed by atoms with Crippen molar-refractivity contribution in [3.63, 3.8) is 0 Å². The van der Waals surface area contributed by atoms with Crippen LogP contribution in [-0.4, -0.2) is 0 Å². The van der Waals surface area contributed by atoms with E-state index in [0.29, 0.717) is 12.5 Å². The first-order valence-corrected chi connectivity index (χ1v) is 6.52. The van der Waals surface area contributed by atoms with Crippen LogP contribution in [0, 0.1) is 0 Å². The van der Waals surface area contributed by atoms with E-state index in [1.807, 2.05) is 12.1 Å². The summed E-state index contributed by atoms with van der Waals surface area (Å²) in [4.78, 5) is 0. The number of furan rings is 1. The molecule has 1 aromatic heterocycles. The van der Waals surface area contributed by atoms with Gasteiger partial charge in [-0.05, 0) is 39.5 Å². The van der Waals surface area contributed by atoms with Crippen LogP contribution >= 0.6 is 15.9 Å². The van der Waals surface area contributed by atoms with Crippen LogP contribution in [0.2, 0.25) is 0 Å². The lowest BCUT2D eigenvalue weighted by Gasteiger charge is -2.13. The van der Waals surface area contributed by atoms with E-state index in [1.54, 1.807) is 6.26 Å². The number of benzene rings is 1. The summed E-state index contributed by atoms with van der Waals surface area (Å²) >= 11 is 3.45. The first-order chi connectivity index (χ1) is 8.18. The van der Waals surface area contributed by atoms with Gasteiger partial charge in [0, 0.05) is 5.69 Å². The number of hydrogen-bond donors (Lipinski definition) is 1. The number of para-hydroxylation sites is 1. The summed E-state index contributed by atoms with van der Waals surface area (Å²) in [6.45, 7) is 5.09. The van der Waals surface area contributed by atoms with E-state index in [4.69, 9.17) is 4.42 Å². The maximum absolute atomic E-state index is 5.38. The highest BCUT2D eigenvalue weighted by molar-refractivity contribution is 9.10. The molecule has 0 radical (unpaired) electrons. The van der Waals surface area contributed by atoms with E-state index in [-0.39, 0.29) is 0 Å². The van der Waals surface area contributed by atoms with Crippen LogP contribution < -0.4 is 5.32 Å². The fraction of sp³-hybridized carbons (Fsp3) is 0.286. The molecule has 1 heterocycles. The van der Waals surface area contributed by atoms with Crippen LogP contribution in [-0.2, 0) is 6.54 Å². The SMILES string of the molecule is CC(C)c1ccccc1NCc1occc1Br. The van der Waals surface area contributed by atoms with E-state index in [2.05, 4.69) is 53.3 Å². The molecule has 0 unspecified atom stereocenters. The molecule has 2 aromatic rings. The molecule has 0 saturated heterocycles. The second kappa shape index (κ2) is 5.41. The Morgan fingerprint density at radius 2 is 2.00 bits per heavy atom. The predicted molar refractivity (Wildman–Crippen MR) is 74.3 cm³/mol. The van der Waals surface area contributed by atoms with E-state index >= 15 is 0 Å². The van der Waals surface area contributed by atoms with Gasteiger partial charge in [0.15, 0.2) is 0 Å². The monoisotopic (exact) mass is 293 g/mol.